The summed E-state index contributed by atoms with van der Waals surface area (Å²) in [5.41, 5.74) is 2.74. The lowest BCUT2D eigenvalue weighted by Gasteiger charge is -2.16. The van der Waals surface area contributed by atoms with Crippen LogP contribution in [-0.4, -0.2) is 44.3 Å². The summed E-state index contributed by atoms with van der Waals surface area (Å²) in [4.78, 5) is 40.5. The molecule has 0 saturated carbocycles. The number of anilines is 2. The largest absolute Gasteiger partial charge is 0.497 e. The molecule has 4 rings (SSSR count). The highest BCUT2D eigenvalue weighted by atomic mass is 35.5. The number of nitrogens with one attached hydrogen (secondary N) is 3. The van der Waals surface area contributed by atoms with Gasteiger partial charge in [-0.15, -0.1) is 11.8 Å². The molecule has 1 unspecified atom stereocenters. The Morgan fingerprint density at radius 3 is 2.26 bits per heavy atom. The number of amides is 3. The molecule has 0 spiro atoms. The molecule has 11 heteroatoms. The Kier molecular flexibility index (Phi) is 11.7. The van der Waals surface area contributed by atoms with Gasteiger partial charge in [-0.3, -0.25) is 14.4 Å². The molecule has 1 atom stereocenters. The third kappa shape index (κ3) is 8.83. The second kappa shape index (κ2) is 15.9. The molecule has 0 fully saturated rings. The number of ether oxygens (including phenoxy) is 3. The summed E-state index contributed by atoms with van der Waals surface area (Å²) in [5, 5.41) is 8.54. The van der Waals surface area contributed by atoms with Crippen molar-refractivity contribution >= 4 is 58.5 Å². The lowest BCUT2D eigenvalue weighted by atomic mass is 10.1. The average molecular weight is 660 g/mol. The SMILES string of the molecule is COc1ccc(/C=C(/NC(=O)c2ccccc2)C(=O)Nc2cccc(SC(C)C(=O)Nc3cc(C)c(Cl)cc3OC)c2)c(OC)c1. The zero-order valence-electron chi connectivity index (χ0n) is 26.0. The van der Waals surface area contributed by atoms with Crippen LogP contribution in [0.25, 0.3) is 6.08 Å². The second-order valence-electron chi connectivity index (χ2n) is 10.0. The molecule has 0 bridgehead atoms. The molecule has 46 heavy (non-hydrogen) atoms. The van der Waals surface area contributed by atoms with Crippen LogP contribution in [-0.2, 0) is 9.59 Å². The predicted octanol–water partition coefficient (Wildman–Crippen LogP) is 7.20. The van der Waals surface area contributed by atoms with E-state index in [9.17, 15) is 14.4 Å². The van der Waals surface area contributed by atoms with Crippen molar-refractivity contribution in [3.63, 3.8) is 0 Å². The van der Waals surface area contributed by atoms with E-state index in [1.807, 2.05) is 13.0 Å². The highest BCUT2D eigenvalue weighted by molar-refractivity contribution is 8.00. The molecule has 4 aromatic carbocycles. The van der Waals surface area contributed by atoms with Gasteiger partial charge in [-0.2, -0.15) is 0 Å². The first-order chi connectivity index (χ1) is 22.1. The number of thioether (sulfide) groups is 1. The van der Waals surface area contributed by atoms with Crippen LogP contribution < -0.4 is 30.2 Å². The zero-order chi connectivity index (χ0) is 33.2. The maximum Gasteiger partial charge on any atom is 0.272 e. The van der Waals surface area contributed by atoms with E-state index in [0.29, 0.717) is 44.8 Å². The molecule has 0 aromatic heterocycles. The van der Waals surface area contributed by atoms with Gasteiger partial charge in [-0.1, -0.05) is 35.9 Å². The molecular formula is C35H34ClN3O6S. The maximum absolute atomic E-state index is 13.6. The van der Waals surface area contributed by atoms with Gasteiger partial charge in [-0.05, 0) is 74.0 Å². The minimum Gasteiger partial charge on any atom is -0.497 e. The number of hydrogen-bond donors (Lipinski definition) is 3. The molecule has 9 nitrogen and oxygen atoms in total. The average Bonchev–Trinajstić information content (AvgIpc) is 3.06. The topological polar surface area (TPSA) is 115 Å². The fraction of sp³-hybridized carbons (Fsp3) is 0.171. The van der Waals surface area contributed by atoms with Crippen molar-refractivity contribution in [2.24, 2.45) is 0 Å². The minimum absolute atomic E-state index is 0.00433. The molecule has 0 radical (unpaired) electrons. The first-order valence-electron chi connectivity index (χ1n) is 14.1. The number of methoxy groups -OCH3 is 3. The van der Waals surface area contributed by atoms with E-state index in [0.717, 1.165) is 10.5 Å². The van der Waals surface area contributed by atoms with Crippen LogP contribution in [0.3, 0.4) is 0 Å². The number of hydrogen-bond acceptors (Lipinski definition) is 7. The summed E-state index contributed by atoms with van der Waals surface area (Å²) in [7, 11) is 4.56. The van der Waals surface area contributed by atoms with Crippen molar-refractivity contribution < 1.29 is 28.6 Å². The number of carbonyl (C=O) groups is 3. The van der Waals surface area contributed by atoms with Crippen LogP contribution in [0.1, 0.15) is 28.4 Å². The van der Waals surface area contributed by atoms with Gasteiger partial charge < -0.3 is 30.2 Å². The summed E-state index contributed by atoms with van der Waals surface area (Å²) in [6.45, 7) is 3.62. The van der Waals surface area contributed by atoms with Crippen molar-refractivity contribution in [2.75, 3.05) is 32.0 Å². The molecule has 0 aliphatic rings. The number of benzene rings is 4. The van der Waals surface area contributed by atoms with Crippen molar-refractivity contribution in [2.45, 2.75) is 24.0 Å². The molecule has 4 aromatic rings. The van der Waals surface area contributed by atoms with Gasteiger partial charge in [0.2, 0.25) is 5.91 Å². The fourth-order valence-electron chi connectivity index (χ4n) is 4.30. The molecule has 0 saturated heterocycles. The van der Waals surface area contributed by atoms with Gasteiger partial charge in [0.05, 0.1) is 32.3 Å². The molecule has 3 N–H and O–H groups in total. The quantitative estimate of drug-likeness (QED) is 0.109. The number of carbonyl (C=O) groups excluding carboxylic acids is 3. The Morgan fingerprint density at radius 2 is 1.57 bits per heavy atom. The number of rotatable bonds is 12. The van der Waals surface area contributed by atoms with Crippen LogP contribution in [0.15, 0.2) is 95.5 Å². The predicted molar refractivity (Wildman–Crippen MR) is 183 cm³/mol. The van der Waals surface area contributed by atoms with Gasteiger partial charge in [-0.25, -0.2) is 0 Å². The summed E-state index contributed by atoms with van der Waals surface area (Å²) in [6.07, 6.45) is 1.53. The van der Waals surface area contributed by atoms with Gasteiger partial charge in [0.15, 0.2) is 0 Å². The number of halogens is 1. The van der Waals surface area contributed by atoms with Crippen molar-refractivity contribution in [1.82, 2.24) is 5.32 Å². The second-order valence-corrected chi connectivity index (χ2v) is 11.8. The highest BCUT2D eigenvalue weighted by Crippen LogP contribution is 2.33. The molecule has 0 aliphatic heterocycles. The molecule has 0 heterocycles. The van der Waals surface area contributed by atoms with E-state index in [-0.39, 0.29) is 11.6 Å². The lowest BCUT2D eigenvalue weighted by molar-refractivity contribution is -0.115. The maximum atomic E-state index is 13.6. The Hall–Kier alpha value is -4.93. The molecule has 0 aliphatic carbocycles. The van der Waals surface area contributed by atoms with E-state index in [2.05, 4.69) is 16.0 Å². The van der Waals surface area contributed by atoms with Gasteiger partial charge in [0.25, 0.3) is 11.8 Å². The van der Waals surface area contributed by atoms with E-state index in [4.69, 9.17) is 25.8 Å². The standard InChI is InChI=1S/C35H34ClN3O6S/c1-21-16-29(32(45-5)20-28(21)36)38-33(40)22(2)46-27-13-9-12-25(18-27)37-35(42)30(39-34(41)23-10-7-6-8-11-23)17-24-14-15-26(43-3)19-31(24)44-4/h6-20,22H,1-5H3,(H,37,42)(H,38,40)(H,39,41)/b30-17+. The van der Waals surface area contributed by atoms with E-state index in [1.54, 1.807) is 92.9 Å². The van der Waals surface area contributed by atoms with Crippen LogP contribution in [0.2, 0.25) is 5.02 Å². The first-order valence-corrected chi connectivity index (χ1v) is 15.4. The summed E-state index contributed by atoms with van der Waals surface area (Å²) in [5.74, 6) is 0.248. The smallest absolute Gasteiger partial charge is 0.272 e. The van der Waals surface area contributed by atoms with Gasteiger partial charge in [0.1, 0.15) is 22.9 Å². The third-order valence-electron chi connectivity index (χ3n) is 6.78. The minimum atomic E-state index is -0.555. The van der Waals surface area contributed by atoms with Crippen molar-refractivity contribution in [3.8, 4) is 17.2 Å². The summed E-state index contributed by atoms with van der Waals surface area (Å²) in [6, 6.07) is 24.2. The molecular weight excluding hydrogens is 626 g/mol. The molecule has 3 amide bonds. The summed E-state index contributed by atoms with van der Waals surface area (Å²) >= 11 is 7.52. The lowest BCUT2D eigenvalue weighted by Crippen LogP contribution is -2.30. The van der Waals surface area contributed by atoms with Gasteiger partial charge in [0, 0.05) is 38.9 Å². The van der Waals surface area contributed by atoms with E-state index < -0.39 is 17.1 Å². The summed E-state index contributed by atoms with van der Waals surface area (Å²) < 4.78 is 16.1. The monoisotopic (exact) mass is 659 g/mol. The van der Waals surface area contributed by atoms with Crippen LogP contribution in [0.4, 0.5) is 11.4 Å². The number of aryl methyl sites for hydroxylation is 1. The highest BCUT2D eigenvalue weighted by Gasteiger charge is 2.19. The van der Waals surface area contributed by atoms with Crippen LogP contribution in [0.5, 0.6) is 17.2 Å². The third-order valence-corrected chi connectivity index (χ3v) is 8.28. The van der Waals surface area contributed by atoms with E-state index >= 15 is 0 Å². The van der Waals surface area contributed by atoms with Crippen molar-refractivity contribution in [3.05, 3.63) is 112 Å². The fourth-order valence-corrected chi connectivity index (χ4v) is 5.38. The van der Waals surface area contributed by atoms with E-state index in [1.165, 1.54) is 32.1 Å². The Bertz CT molecular complexity index is 1760. The van der Waals surface area contributed by atoms with Crippen LogP contribution >= 0.6 is 23.4 Å². The molecule has 238 valence electrons. The Balaban J connectivity index is 1.53. The van der Waals surface area contributed by atoms with Gasteiger partial charge >= 0.3 is 0 Å². The van der Waals surface area contributed by atoms with Crippen LogP contribution in [0, 0.1) is 6.92 Å². The van der Waals surface area contributed by atoms with Crippen molar-refractivity contribution in [1.29, 1.82) is 0 Å². The normalized spacial score (nSPS) is 11.7. The first kappa shape index (κ1) is 34.0. The Labute approximate surface area is 277 Å². The zero-order valence-corrected chi connectivity index (χ0v) is 27.5. The Morgan fingerprint density at radius 1 is 0.826 bits per heavy atom.